The molecule has 1 unspecified atom stereocenters. The highest BCUT2D eigenvalue weighted by Crippen LogP contribution is 2.26. The van der Waals surface area contributed by atoms with Crippen LogP contribution < -0.4 is 19.7 Å². The van der Waals surface area contributed by atoms with E-state index in [-0.39, 0.29) is 11.7 Å². The van der Waals surface area contributed by atoms with E-state index in [4.69, 9.17) is 9.47 Å². The lowest BCUT2D eigenvalue weighted by Crippen LogP contribution is -3.09. The summed E-state index contributed by atoms with van der Waals surface area (Å²) in [6, 6.07) is 19.6. The van der Waals surface area contributed by atoms with Crippen LogP contribution in [0.1, 0.15) is 22.7 Å². The number of hydrogen-bond acceptors (Lipinski definition) is 3. The highest BCUT2D eigenvalue weighted by Gasteiger charge is 2.30. The van der Waals surface area contributed by atoms with Crippen molar-refractivity contribution in [1.29, 1.82) is 0 Å². The number of likely N-dealkylation sites (N-methyl/N-ethyl adjacent to an activating group) is 1. The van der Waals surface area contributed by atoms with E-state index in [1.165, 1.54) is 13.2 Å². The van der Waals surface area contributed by atoms with Crippen molar-refractivity contribution < 1.29 is 23.6 Å². The monoisotopic (exact) mass is 423 g/mol. The lowest BCUT2D eigenvalue weighted by molar-refractivity contribution is -0.915. The van der Waals surface area contributed by atoms with Crippen molar-refractivity contribution in [2.24, 2.45) is 0 Å². The number of halogens is 1. The first-order valence-electron chi connectivity index (χ1n) is 10.1. The maximum absolute atomic E-state index is 14.2. The van der Waals surface area contributed by atoms with Crippen LogP contribution in [0.5, 0.6) is 11.5 Å². The van der Waals surface area contributed by atoms with Gasteiger partial charge in [0.05, 0.1) is 27.0 Å². The Kier molecular flexibility index (Phi) is 7.26. The van der Waals surface area contributed by atoms with Crippen LogP contribution in [-0.2, 0) is 11.3 Å². The second kappa shape index (κ2) is 10.1. The summed E-state index contributed by atoms with van der Waals surface area (Å²) in [7, 11) is 4.93. The van der Waals surface area contributed by atoms with Gasteiger partial charge in [-0.05, 0) is 42.8 Å². The molecule has 3 aromatic rings. The average molecular weight is 424 g/mol. The molecule has 2 N–H and O–H groups in total. The zero-order chi connectivity index (χ0) is 22.4. The molecule has 3 rings (SSSR count). The first kappa shape index (κ1) is 22.3. The number of rotatable bonds is 8. The van der Waals surface area contributed by atoms with Gasteiger partial charge in [0.15, 0.2) is 17.6 Å². The van der Waals surface area contributed by atoms with Gasteiger partial charge in [-0.25, -0.2) is 4.39 Å². The van der Waals surface area contributed by atoms with E-state index in [0.29, 0.717) is 18.0 Å². The molecule has 6 heteroatoms. The second-order valence-electron chi connectivity index (χ2n) is 7.53. The molecule has 0 aliphatic rings. The molecule has 162 valence electrons. The number of quaternary nitrogens is 1. The summed E-state index contributed by atoms with van der Waals surface area (Å²) in [5.41, 5.74) is 3.29. The van der Waals surface area contributed by atoms with Crippen molar-refractivity contribution in [2.45, 2.75) is 19.5 Å². The quantitative estimate of drug-likeness (QED) is 0.583. The highest BCUT2D eigenvalue weighted by atomic mass is 19.1. The summed E-state index contributed by atoms with van der Waals surface area (Å²) in [6.07, 6.45) is 0. The zero-order valence-corrected chi connectivity index (χ0v) is 18.2. The number of anilines is 1. The Bertz CT molecular complexity index is 1040. The summed E-state index contributed by atoms with van der Waals surface area (Å²) in [4.78, 5) is 14.3. The SMILES string of the molecule is COc1ccc(C[NH+](C)[C@H](C(=O)Nc2cc(C)ccc2OC)c2ccccc2)cc1F. The molecular formula is C25H28FN2O3+. The number of ether oxygens (including phenoxy) is 2. The van der Waals surface area contributed by atoms with E-state index in [1.807, 2.05) is 68.6 Å². The lowest BCUT2D eigenvalue weighted by Gasteiger charge is -2.25. The Morgan fingerprint density at radius 2 is 1.68 bits per heavy atom. The van der Waals surface area contributed by atoms with Gasteiger partial charge in [0, 0.05) is 11.1 Å². The third-order valence-corrected chi connectivity index (χ3v) is 5.20. The number of benzene rings is 3. The molecule has 0 heterocycles. The van der Waals surface area contributed by atoms with Gasteiger partial charge in [-0.1, -0.05) is 36.4 Å². The van der Waals surface area contributed by atoms with E-state index < -0.39 is 11.9 Å². The fourth-order valence-electron chi connectivity index (χ4n) is 3.67. The molecule has 0 radical (unpaired) electrons. The molecule has 3 aromatic carbocycles. The third-order valence-electron chi connectivity index (χ3n) is 5.20. The van der Waals surface area contributed by atoms with Gasteiger partial charge in [-0.15, -0.1) is 0 Å². The third kappa shape index (κ3) is 5.41. The fraction of sp³-hybridized carbons (Fsp3) is 0.240. The summed E-state index contributed by atoms with van der Waals surface area (Å²) < 4.78 is 24.6. The van der Waals surface area contributed by atoms with Crippen molar-refractivity contribution >= 4 is 11.6 Å². The average Bonchev–Trinajstić information content (AvgIpc) is 2.75. The molecule has 0 saturated heterocycles. The van der Waals surface area contributed by atoms with Gasteiger partial charge in [0.2, 0.25) is 0 Å². The van der Waals surface area contributed by atoms with Gasteiger partial charge in [0.25, 0.3) is 5.91 Å². The van der Waals surface area contributed by atoms with Gasteiger partial charge >= 0.3 is 0 Å². The van der Waals surface area contributed by atoms with Crippen LogP contribution in [0, 0.1) is 12.7 Å². The summed E-state index contributed by atoms with van der Waals surface area (Å²) >= 11 is 0. The Morgan fingerprint density at radius 3 is 2.32 bits per heavy atom. The molecule has 5 nitrogen and oxygen atoms in total. The molecule has 0 aromatic heterocycles. The fourth-order valence-corrected chi connectivity index (χ4v) is 3.67. The van der Waals surface area contributed by atoms with Gasteiger partial charge < -0.3 is 19.7 Å². The first-order valence-corrected chi connectivity index (χ1v) is 10.1. The number of hydrogen-bond donors (Lipinski definition) is 2. The smallest absolute Gasteiger partial charge is 0.287 e. The number of nitrogens with one attached hydrogen (secondary N) is 2. The molecule has 1 amide bonds. The lowest BCUT2D eigenvalue weighted by atomic mass is 10.0. The molecular weight excluding hydrogens is 395 g/mol. The van der Waals surface area contributed by atoms with Crippen LogP contribution in [-0.4, -0.2) is 27.2 Å². The number of carbonyl (C=O) groups is 1. The minimum atomic E-state index is -0.503. The molecule has 0 aliphatic heterocycles. The highest BCUT2D eigenvalue weighted by molar-refractivity contribution is 5.96. The second-order valence-corrected chi connectivity index (χ2v) is 7.53. The summed E-state index contributed by atoms with van der Waals surface area (Å²) in [5.74, 6) is 0.213. The molecule has 31 heavy (non-hydrogen) atoms. The molecule has 0 aliphatic carbocycles. The van der Waals surface area contributed by atoms with Crippen molar-refractivity contribution in [3.8, 4) is 11.5 Å². The van der Waals surface area contributed by atoms with Crippen molar-refractivity contribution in [2.75, 3.05) is 26.6 Å². The van der Waals surface area contributed by atoms with Crippen LogP contribution in [0.15, 0.2) is 66.7 Å². The topological polar surface area (TPSA) is 52.0 Å². The molecule has 2 atom stereocenters. The zero-order valence-electron chi connectivity index (χ0n) is 18.2. The number of aryl methyl sites for hydroxylation is 1. The maximum Gasteiger partial charge on any atom is 0.287 e. The van der Waals surface area contributed by atoms with E-state index in [1.54, 1.807) is 13.2 Å². The van der Waals surface area contributed by atoms with E-state index in [2.05, 4.69) is 5.32 Å². The van der Waals surface area contributed by atoms with Crippen molar-refractivity contribution in [1.82, 2.24) is 0 Å². The maximum atomic E-state index is 14.2. The number of methoxy groups -OCH3 is 2. The van der Waals surface area contributed by atoms with Crippen LogP contribution in [0.3, 0.4) is 0 Å². The van der Waals surface area contributed by atoms with E-state index in [0.717, 1.165) is 21.6 Å². The van der Waals surface area contributed by atoms with E-state index >= 15 is 0 Å². The van der Waals surface area contributed by atoms with Crippen molar-refractivity contribution in [3.05, 3.63) is 89.2 Å². The van der Waals surface area contributed by atoms with Crippen LogP contribution >= 0.6 is 0 Å². The van der Waals surface area contributed by atoms with E-state index in [9.17, 15) is 9.18 Å². The van der Waals surface area contributed by atoms with Gasteiger partial charge in [-0.3, -0.25) is 4.79 Å². The Morgan fingerprint density at radius 1 is 1.00 bits per heavy atom. The summed E-state index contributed by atoms with van der Waals surface area (Å²) in [5, 5.41) is 3.02. The standard InChI is InChI=1S/C25H27FN2O3/c1-17-10-12-23(31-4)21(14-17)27-25(29)24(19-8-6-5-7-9-19)28(2)16-18-11-13-22(30-3)20(26)15-18/h5-15,24H,16H2,1-4H3,(H,27,29)/p+1/t24-/m0/s1. The largest absolute Gasteiger partial charge is 0.495 e. The Hall–Kier alpha value is -3.38. The Balaban J connectivity index is 1.89. The first-order chi connectivity index (χ1) is 14.9. The number of carbonyl (C=O) groups excluding carboxylic acids is 1. The predicted molar refractivity (Wildman–Crippen MR) is 119 cm³/mol. The minimum Gasteiger partial charge on any atom is -0.495 e. The van der Waals surface area contributed by atoms with Crippen LogP contribution in [0.4, 0.5) is 10.1 Å². The minimum absolute atomic E-state index is 0.165. The van der Waals surface area contributed by atoms with Gasteiger partial charge in [-0.2, -0.15) is 0 Å². The van der Waals surface area contributed by atoms with Crippen LogP contribution in [0.2, 0.25) is 0 Å². The number of amides is 1. The van der Waals surface area contributed by atoms with Crippen molar-refractivity contribution in [3.63, 3.8) is 0 Å². The predicted octanol–water partition coefficient (Wildman–Crippen LogP) is 3.55. The molecule has 0 bridgehead atoms. The molecule has 0 fully saturated rings. The Labute approximate surface area is 182 Å². The summed E-state index contributed by atoms with van der Waals surface area (Å²) in [6.45, 7) is 2.41. The molecule has 0 saturated carbocycles. The normalized spacial score (nSPS) is 12.7. The van der Waals surface area contributed by atoms with Gasteiger partial charge in [0.1, 0.15) is 12.3 Å². The van der Waals surface area contributed by atoms with Crippen LogP contribution in [0.25, 0.3) is 0 Å². The molecule has 0 spiro atoms.